The van der Waals surface area contributed by atoms with Gasteiger partial charge in [0.1, 0.15) is 6.10 Å². The summed E-state index contributed by atoms with van der Waals surface area (Å²) < 4.78 is 10.3. The molecule has 1 rings (SSSR count). The average molecular weight is 254 g/mol. The number of ether oxygens (including phenoxy) is 2. The Labute approximate surface area is 108 Å². The molecule has 0 amide bonds. The molecule has 1 aliphatic rings. The zero-order valence-corrected chi connectivity index (χ0v) is 11.8. The summed E-state index contributed by atoms with van der Waals surface area (Å²) in [6, 6.07) is 0. The van der Waals surface area contributed by atoms with Crippen LogP contribution >= 0.6 is 0 Å². The van der Waals surface area contributed by atoms with Crippen LogP contribution in [0.2, 0.25) is 0 Å². The Hall–Kier alpha value is -1.32. The summed E-state index contributed by atoms with van der Waals surface area (Å²) in [7, 11) is 0. The largest absolute Gasteiger partial charge is 0.466 e. The number of hydrogen-bond donors (Lipinski definition) is 0. The molecule has 4 heteroatoms. The maximum absolute atomic E-state index is 12.0. The van der Waals surface area contributed by atoms with E-state index < -0.39 is 0 Å². The van der Waals surface area contributed by atoms with E-state index in [2.05, 4.69) is 0 Å². The van der Waals surface area contributed by atoms with Gasteiger partial charge in [-0.25, -0.2) is 0 Å². The lowest BCUT2D eigenvalue weighted by atomic mass is 9.68. The Morgan fingerprint density at radius 3 is 2.50 bits per heavy atom. The third-order valence-corrected chi connectivity index (χ3v) is 3.25. The topological polar surface area (TPSA) is 52.6 Å². The molecule has 102 valence electrons. The van der Waals surface area contributed by atoms with Crippen LogP contribution in [0.25, 0.3) is 0 Å². The SMILES string of the molecule is CCOC(=O)C1C(C)=CC(OC(C)=O)CC1(C)C. The number of carbonyl (C=O) groups is 2. The smallest absolute Gasteiger partial charge is 0.313 e. The summed E-state index contributed by atoms with van der Waals surface area (Å²) in [6.07, 6.45) is 2.24. The molecule has 0 aliphatic heterocycles. The molecule has 0 aromatic rings. The van der Waals surface area contributed by atoms with Crippen molar-refractivity contribution in [3.63, 3.8) is 0 Å². The van der Waals surface area contributed by atoms with Crippen molar-refractivity contribution < 1.29 is 19.1 Å². The second kappa shape index (κ2) is 5.55. The predicted molar refractivity (Wildman–Crippen MR) is 67.8 cm³/mol. The van der Waals surface area contributed by atoms with Gasteiger partial charge in [-0.15, -0.1) is 0 Å². The van der Waals surface area contributed by atoms with Gasteiger partial charge in [0.05, 0.1) is 12.5 Å². The molecule has 0 heterocycles. The van der Waals surface area contributed by atoms with Crippen molar-refractivity contribution in [2.75, 3.05) is 6.61 Å². The van der Waals surface area contributed by atoms with E-state index in [-0.39, 0.29) is 29.4 Å². The molecule has 0 saturated carbocycles. The van der Waals surface area contributed by atoms with E-state index in [1.165, 1.54) is 6.92 Å². The lowest BCUT2D eigenvalue weighted by Crippen LogP contribution is -2.40. The standard InChI is InChI=1S/C14H22O4/c1-6-17-13(16)12-9(2)7-11(18-10(3)15)8-14(12,4)5/h7,11-12H,6,8H2,1-5H3. The maximum Gasteiger partial charge on any atom is 0.313 e. The summed E-state index contributed by atoms with van der Waals surface area (Å²) in [5.41, 5.74) is 0.640. The first kappa shape index (κ1) is 14.7. The minimum atomic E-state index is -0.297. The number of rotatable bonds is 3. The predicted octanol–water partition coefficient (Wildman–Crippen LogP) is 2.47. The van der Waals surface area contributed by atoms with Crippen LogP contribution < -0.4 is 0 Å². The fourth-order valence-corrected chi connectivity index (χ4v) is 2.72. The summed E-state index contributed by atoms with van der Waals surface area (Å²) in [5, 5.41) is 0. The summed E-state index contributed by atoms with van der Waals surface area (Å²) >= 11 is 0. The van der Waals surface area contributed by atoms with Gasteiger partial charge in [0, 0.05) is 6.92 Å². The van der Waals surface area contributed by atoms with Crippen LogP contribution in [0.15, 0.2) is 11.6 Å². The van der Waals surface area contributed by atoms with Crippen molar-refractivity contribution in [2.24, 2.45) is 11.3 Å². The highest BCUT2D eigenvalue weighted by Crippen LogP contribution is 2.42. The Balaban J connectivity index is 2.93. The van der Waals surface area contributed by atoms with Gasteiger partial charge in [-0.1, -0.05) is 19.4 Å². The molecule has 0 fully saturated rings. The number of hydrogen-bond acceptors (Lipinski definition) is 4. The second-order valence-electron chi connectivity index (χ2n) is 5.44. The first-order chi connectivity index (χ1) is 8.27. The molecule has 2 atom stereocenters. The Bertz CT molecular complexity index is 368. The molecule has 0 saturated heterocycles. The van der Waals surface area contributed by atoms with E-state index in [1.54, 1.807) is 6.92 Å². The van der Waals surface area contributed by atoms with Crippen molar-refractivity contribution in [1.82, 2.24) is 0 Å². The van der Waals surface area contributed by atoms with Gasteiger partial charge in [-0.05, 0) is 31.8 Å². The van der Waals surface area contributed by atoms with E-state index in [0.717, 1.165) is 5.57 Å². The van der Waals surface area contributed by atoms with Crippen LogP contribution in [0, 0.1) is 11.3 Å². The van der Waals surface area contributed by atoms with Crippen LogP contribution in [-0.2, 0) is 19.1 Å². The van der Waals surface area contributed by atoms with Gasteiger partial charge in [-0.2, -0.15) is 0 Å². The monoisotopic (exact) mass is 254 g/mol. The molecule has 0 aromatic carbocycles. The third kappa shape index (κ3) is 3.34. The minimum absolute atomic E-state index is 0.197. The lowest BCUT2D eigenvalue weighted by molar-refractivity contribution is -0.153. The van der Waals surface area contributed by atoms with Gasteiger partial charge in [0.15, 0.2) is 0 Å². The van der Waals surface area contributed by atoms with E-state index in [9.17, 15) is 9.59 Å². The molecular formula is C14H22O4. The third-order valence-electron chi connectivity index (χ3n) is 3.25. The highest BCUT2D eigenvalue weighted by molar-refractivity contribution is 5.77. The van der Waals surface area contributed by atoms with Crippen LogP contribution in [0.3, 0.4) is 0 Å². The summed E-state index contributed by atoms with van der Waals surface area (Å²) in [6.45, 7) is 9.47. The molecule has 0 N–H and O–H groups in total. The van der Waals surface area contributed by atoms with Crippen molar-refractivity contribution in [3.05, 3.63) is 11.6 Å². The summed E-state index contributed by atoms with van der Waals surface area (Å²) in [4.78, 5) is 23.0. The van der Waals surface area contributed by atoms with Crippen LogP contribution in [0.1, 0.15) is 41.0 Å². The summed E-state index contributed by atoms with van der Waals surface area (Å²) in [5.74, 6) is -0.754. The fourth-order valence-electron chi connectivity index (χ4n) is 2.72. The molecule has 0 aromatic heterocycles. The van der Waals surface area contributed by atoms with Crippen molar-refractivity contribution in [2.45, 2.75) is 47.1 Å². The van der Waals surface area contributed by atoms with Crippen LogP contribution in [0.5, 0.6) is 0 Å². The van der Waals surface area contributed by atoms with Gasteiger partial charge in [-0.3, -0.25) is 9.59 Å². The Morgan fingerprint density at radius 1 is 1.44 bits per heavy atom. The molecule has 0 bridgehead atoms. The molecule has 4 nitrogen and oxygen atoms in total. The molecule has 0 spiro atoms. The Morgan fingerprint density at radius 2 is 2.06 bits per heavy atom. The number of esters is 2. The zero-order chi connectivity index (χ0) is 13.9. The second-order valence-corrected chi connectivity index (χ2v) is 5.44. The van der Waals surface area contributed by atoms with Crippen LogP contribution in [-0.4, -0.2) is 24.6 Å². The van der Waals surface area contributed by atoms with E-state index in [0.29, 0.717) is 13.0 Å². The van der Waals surface area contributed by atoms with Crippen molar-refractivity contribution >= 4 is 11.9 Å². The minimum Gasteiger partial charge on any atom is -0.466 e. The highest BCUT2D eigenvalue weighted by Gasteiger charge is 2.42. The molecule has 1 aliphatic carbocycles. The molecule has 0 radical (unpaired) electrons. The zero-order valence-electron chi connectivity index (χ0n) is 11.8. The van der Waals surface area contributed by atoms with Gasteiger partial charge in [0.2, 0.25) is 0 Å². The first-order valence-corrected chi connectivity index (χ1v) is 6.30. The van der Waals surface area contributed by atoms with Crippen LogP contribution in [0.4, 0.5) is 0 Å². The fraction of sp³-hybridized carbons (Fsp3) is 0.714. The van der Waals surface area contributed by atoms with E-state index >= 15 is 0 Å². The molecular weight excluding hydrogens is 232 g/mol. The van der Waals surface area contributed by atoms with Crippen molar-refractivity contribution in [3.8, 4) is 0 Å². The van der Waals surface area contributed by atoms with Gasteiger partial charge < -0.3 is 9.47 Å². The average Bonchev–Trinajstić information content (AvgIpc) is 2.13. The van der Waals surface area contributed by atoms with Gasteiger partial charge in [0.25, 0.3) is 0 Å². The van der Waals surface area contributed by atoms with E-state index in [4.69, 9.17) is 9.47 Å². The normalized spacial score (nSPS) is 26.2. The molecule has 2 unspecified atom stereocenters. The van der Waals surface area contributed by atoms with E-state index in [1.807, 2.05) is 26.8 Å². The molecule has 18 heavy (non-hydrogen) atoms. The lowest BCUT2D eigenvalue weighted by Gasteiger charge is -2.39. The number of carbonyl (C=O) groups excluding carboxylic acids is 2. The van der Waals surface area contributed by atoms with Gasteiger partial charge >= 0.3 is 11.9 Å². The van der Waals surface area contributed by atoms with Crippen molar-refractivity contribution in [1.29, 1.82) is 0 Å². The highest BCUT2D eigenvalue weighted by atomic mass is 16.5. The Kier molecular flexibility index (Phi) is 4.54. The quantitative estimate of drug-likeness (QED) is 0.573. The first-order valence-electron chi connectivity index (χ1n) is 6.30. The maximum atomic E-state index is 12.0.